The lowest BCUT2D eigenvalue weighted by Gasteiger charge is -2.45. The molecule has 10 aromatic heterocycles. The summed E-state index contributed by atoms with van der Waals surface area (Å²) >= 11 is 18.1. The summed E-state index contributed by atoms with van der Waals surface area (Å²) in [4.78, 5) is 91.6. The summed E-state index contributed by atoms with van der Waals surface area (Å²) in [5.74, 6) is 0.836. The Bertz CT molecular complexity index is 6970. The van der Waals surface area contributed by atoms with Crippen LogP contribution >= 0.6 is 34.8 Å². The van der Waals surface area contributed by atoms with Crippen molar-refractivity contribution in [3.8, 4) is 0 Å². The fraction of sp³-hybridized carbons (Fsp3) is 0.404. The number of aliphatic hydroxyl groups is 4. The highest BCUT2D eigenvalue weighted by molar-refractivity contribution is 6.34. The number of H-pyrrole nitrogens is 3. The number of anilines is 3. The number of nitrogens with one attached hydrogen (secondary N) is 3. The Balaban J connectivity index is 0.000000104. The fourth-order valence-electron chi connectivity index (χ4n) is 18.6. The zero-order valence-electron chi connectivity index (χ0n) is 76.9. The fourth-order valence-corrected chi connectivity index (χ4v) is 19.2. The maximum Gasteiger partial charge on any atom is 0.280 e. The molecule has 11 fully saturated rings. The van der Waals surface area contributed by atoms with Crippen LogP contribution in [0.1, 0.15) is 89.3 Å². The van der Waals surface area contributed by atoms with Gasteiger partial charge in [0.2, 0.25) is 17.8 Å². The molecule has 0 radical (unpaired) electrons. The molecule has 21 heterocycles. The molecule has 0 amide bonds. The lowest BCUT2D eigenvalue weighted by Crippen LogP contribution is -2.56. The van der Waals surface area contributed by atoms with Crippen molar-refractivity contribution < 1.29 is 96.2 Å². The third-order valence-electron chi connectivity index (χ3n) is 25.8. The molecule has 25 atom stereocenters. The van der Waals surface area contributed by atoms with Gasteiger partial charge in [-0.25, -0.2) is 34.9 Å². The van der Waals surface area contributed by atoms with E-state index in [0.717, 1.165) is 27.8 Å². The molecule has 5 aromatic carbocycles. The van der Waals surface area contributed by atoms with E-state index in [9.17, 15) is 30.0 Å². The molecule has 144 heavy (non-hydrogen) atoms. The van der Waals surface area contributed by atoms with E-state index in [1.54, 1.807) is 49.1 Å². The zero-order chi connectivity index (χ0) is 99.1. The van der Waals surface area contributed by atoms with Crippen LogP contribution in [-0.4, -0.2) is 308 Å². The lowest BCUT2D eigenvalue weighted by molar-refractivity contribution is -0.306. The summed E-state index contributed by atoms with van der Waals surface area (Å²) in [6.45, 7) is 5.19. The van der Waals surface area contributed by atoms with E-state index in [1.807, 2.05) is 166 Å². The van der Waals surface area contributed by atoms with E-state index in [4.69, 9.17) is 128 Å². The molecule has 11 aliphatic rings. The summed E-state index contributed by atoms with van der Waals surface area (Å²) in [5, 5.41) is 45.1. The van der Waals surface area contributed by atoms with Gasteiger partial charge in [0, 0.05) is 41.9 Å². The number of halogens is 3. The number of fused-ring (bicyclic) bond motifs is 12. The number of benzene rings is 5. The number of hydrogen-bond acceptors (Lipinski definition) is 39. The number of imidazole rings is 5. The molecule has 0 saturated carbocycles. The number of nitrogens with zero attached hydrogens (tertiary/aromatic N) is 19. The van der Waals surface area contributed by atoms with Crippen molar-refractivity contribution in [2.24, 2.45) is 4.99 Å². The minimum atomic E-state index is -0.909. The van der Waals surface area contributed by atoms with Crippen molar-refractivity contribution in [3.05, 3.63) is 253 Å². The van der Waals surface area contributed by atoms with Gasteiger partial charge in [-0.2, -0.15) is 34.9 Å². The van der Waals surface area contributed by atoms with Crippen molar-refractivity contribution >= 4 is 121 Å². The summed E-state index contributed by atoms with van der Waals surface area (Å²) in [5.41, 5.74) is 24.5. The average molecular weight is 2040 g/mol. The molecule has 11 saturated heterocycles. The Hall–Kier alpha value is -12.6. The molecular formula is C94H98Cl3N25O22. The van der Waals surface area contributed by atoms with Crippen LogP contribution in [0.25, 0.3) is 55.8 Å². The van der Waals surface area contributed by atoms with Crippen LogP contribution in [0.4, 0.5) is 23.8 Å². The van der Waals surface area contributed by atoms with Crippen molar-refractivity contribution in [1.29, 1.82) is 0 Å². The van der Waals surface area contributed by atoms with E-state index in [2.05, 4.69) is 84.7 Å². The Kier molecular flexibility index (Phi) is 28.8. The smallest absolute Gasteiger partial charge is 0.280 e. The number of ether oxygens (including phenoxy) is 16. The van der Waals surface area contributed by atoms with E-state index in [1.165, 1.54) is 19.0 Å². The molecular weight excluding hydrogens is 1940 g/mol. The minimum absolute atomic E-state index is 0.0187. The maximum absolute atomic E-state index is 12.1. The molecule has 0 bridgehead atoms. The molecule has 24 unspecified atom stereocenters. The molecule has 0 aliphatic carbocycles. The minimum Gasteiger partial charge on any atom is -0.388 e. The molecule has 752 valence electrons. The first-order valence-electron chi connectivity index (χ1n) is 46.1. The third kappa shape index (κ3) is 20.5. The van der Waals surface area contributed by atoms with Gasteiger partial charge in [-0.3, -0.25) is 14.6 Å². The monoisotopic (exact) mass is 2030 g/mol. The van der Waals surface area contributed by atoms with E-state index in [-0.39, 0.29) is 132 Å². The molecule has 15 aromatic rings. The van der Waals surface area contributed by atoms with Crippen molar-refractivity contribution in [1.82, 2.24) is 103 Å². The number of aryl methyl sites for hydroxylation is 1. The number of aromatic nitrogens is 20. The van der Waals surface area contributed by atoms with Gasteiger partial charge in [-0.1, -0.05) is 186 Å². The number of epoxide rings is 1. The van der Waals surface area contributed by atoms with Crippen LogP contribution in [0.5, 0.6) is 0 Å². The van der Waals surface area contributed by atoms with Gasteiger partial charge in [0.05, 0.1) is 128 Å². The second kappa shape index (κ2) is 42.6. The highest BCUT2D eigenvalue weighted by atomic mass is 35.5. The van der Waals surface area contributed by atoms with Gasteiger partial charge < -0.3 is 147 Å². The topological polar surface area (TPSA) is 594 Å². The van der Waals surface area contributed by atoms with Crippen LogP contribution in [-0.2, 0) is 75.8 Å². The highest BCUT2D eigenvalue weighted by Gasteiger charge is 2.57. The summed E-state index contributed by atoms with van der Waals surface area (Å²) in [6.07, 6.45) is -0.196. The summed E-state index contributed by atoms with van der Waals surface area (Å²) < 4.78 is 101. The van der Waals surface area contributed by atoms with E-state index >= 15 is 0 Å². The molecule has 47 nitrogen and oxygen atoms in total. The van der Waals surface area contributed by atoms with E-state index in [0.29, 0.717) is 95.4 Å². The Morgan fingerprint density at radius 2 is 0.694 bits per heavy atom. The number of aliphatic hydroxyl groups excluding tert-OH is 4. The quantitative estimate of drug-likeness (QED) is 0.0289. The molecule has 26 rings (SSSR count). The number of aliphatic imine (C=N–C) groups is 1. The zero-order valence-corrected chi connectivity index (χ0v) is 79.2. The maximum atomic E-state index is 12.1. The Morgan fingerprint density at radius 3 is 1.10 bits per heavy atom. The number of rotatable bonds is 11. The summed E-state index contributed by atoms with van der Waals surface area (Å²) in [7, 11) is 3.69. The lowest BCUT2D eigenvalue weighted by atomic mass is 9.97. The normalized spacial score (nSPS) is 29.9. The van der Waals surface area contributed by atoms with Crippen molar-refractivity contribution in [2.45, 2.75) is 160 Å². The Labute approximate surface area is 831 Å². The van der Waals surface area contributed by atoms with Crippen LogP contribution in [0, 0.1) is 6.92 Å². The molecule has 13 N–H and O–H groups in total. The average Bonchev–Trinajstić information content (AvgIpc) is 1.49. The van der Waals surface area contributed by atoms with E-state index < -0.39 is 104 Å². The molecule has 0 spiro atoms. The number of nitrogens with two attached hydrogens (primary N) is 3. The van der Waals surface area contributed by atoms with Gasteiger partial charge >= 0.3 is 0 Å². The number of aromatic amines is 3. The SMILES string of the molecule is CN(C)C=Nc1nc(Cl)c2ncn(C3COC4COC(c5ccccc5)OC4C3O)c2n1.Cc1nc2c(ncn2C2COC3COC(c4ccccc4)OC3C2O)c(=O)[nH]1.Nc1nc(Cl)c2[nH]cnc2n1.Nc1nc(Cl)c2ncn(C3COC4COC(c5ccccc5)OC4C3O)c2n1.Nc1nc2c(ncn2C2COC3COC(c4ccccc4)OC3C2O)c(=O)[nH]1.c1ccc(C2OCC3OCC4O[C@@H]4C3O2)cc1. The van der Waals surface area contributed by atoms with Crippen molar-refractivity contribution in [2.75, 3.05) is 97.4 Å². The third-order valence-corrected chi connectivity index (χ3v) is 26.6. The molecule has 11 aliphatic heterocycles. The number of hydrogen-bond donors (Lipinski definition) is 10. The first kappa shape index (κ1) is 97.5. The predicted molar refractivity (Wildman–Crippen MR) is 511 cm³/mol. The highest BCUT2D eigenvalue weighted by Crippen LogP contribution is 2.45. The standard InChI is InChI=1S/C21H23ClN6O4.C19H20N4O5.C18H18ClN5O4.C18H19N5O5.C13H14O4.C5H4ClN5/c1-27(2)10-24-21-25-18(22)15-19(26-21)28(11-23-15)13-8-30-14-9-31-20(32-17(14)16(13)29)12-6-4-3-5-7-12;1-10-21-17-14(18(25)22-10)20-9-23(17)12-7-26-13-8-27-19(28-16(13)15(12)24)11-5-3-2-4-6-11;19-15-12-16(23-18(20)22-15)24(8-21-12)10-6-26-11-7-27-17(28-14(11)13(10)25)9-4-2-1-3-5-9;19-18-21-15-12(16(25)22-18)20-8-23(15)10-6-26-11-7-27-17(28-14(11)13(10)24)9-4-2-1-3-5-9;1-2-4-8(5-3-1)13-15-6-9-11(17-13)12-10(16-12)7-14-9;6-3-2-4(9-1-8-2)11-5(7)10-3/h3-7,10-11,13-14,16-17,20,29H,8-9H2,1-2H3;2-6,9,12-13,15-16,19,24H,7-8H2,1H3,(H,21,22,25);1-5,8,10-11,13-14,17,25H,6-7H2,(H2,20,22,23);1-5,8,10-11,13-14,17,24H,6-7H2,(H3,19,21,22,25);1-5,9-13H,6-7H2;1H,(H3,7,8,9,10,11)/t;;;;9?,10?,11?,12-,13?;/m....0./s1. The van der Waals surface area contributed by atoms with Gasteiger partial charge in [0.1, 0.15) is 120 Å². The van der Waals surface area contributed by atoms with Gasteiger partial charge in [-0.15, -0.1) is 0 Å². The van der Waals surface area contributed by atoms with Gasteiger partial charge in [-0.05, 0) is 6.92 Å². The second-order valence-corrected chi connectivity index (χ2v) is 36.5. The van der Waals surface area contributed by atoms with Crippen LogP contribution in [0.3, 0.4) is 0 Å². The molecule has 50 heteroatoms. The Morgan fingerprint density at radius 1 is 0.368 bits per heavy atom. The largest absolute Gasteiger partial charge is 0.388 e. The first-order valence-corrected chi connectivity index (χ1v) is 47.3. The predicted octanol–water partition coefficient (Wildman–Crippen LogP) is 6.41. The van der Waals surface area contributed by atoms with Crippen LogP contribution in [0.15, 0.2) is 198 Å². The summed E-state index contributed by atoms with van der Waals surface area (Å²) in [6, 6.07) is 46.3. The first-order chi connectivity index (χ1) is 70.0. The van der Waals surface area contributed by atoms with Gasteiger partial charge in [0.25, 0.3) is 17.1 Å². The second-order valence-electron chi connectivity index (χ2n) is 35.4. The number of nitrogen functional groups attached to an aromatic ring is 3. The van der Waals surface area contributed by atoms with Crippen molar-refractivity contribution in [3.63, 3.8) is 0 Å². The van der Waals surface area contributed by atoms with Gasteiger partial charge in [0.15, 0.2) is 86.2 Å². The van der Waals surface area contributed by atoms with Crippen LogP contribution in [0.2, 0.25) is 15.5 Å². The van der Waals surface area contributed by atoms with Crippen LogP contribution < -0.4 is 28.3 Å².